The van der Waals surface area contributed by atoms with Gasteiger partial charge in [0.15, 0.2) is 0 Å². The van der Waals surface area contributed by atoms with E-state index in [1.165, 1.54) is 0 Å². The van der Waals surface area contributed by atoms with Gasteiger partial charge in [0.25, 0.3) is 5.92 Å². The normalized spacial score (nSPS) is 20.8. The Kier molecular flexibility index (Phi) is 3.64. The number of hydrogen-bond acceptors (Lipinski definition) is 1. The summed E-state index contributed by atoms with van der Waals surface area (Å²) in [5.41, 5.74) is -0.224. The second-order valence-electron chi connectivity index (χ2n) is 4.33. The molecule has 1 aromatic carbocycles. The van der Waals surface area contributed by atoms with Crippen molar-refractivity contribution in [3.8, 4) is 0 Å². The topological polar surface area (TPSA) is 12.0 Å². The van der Waals surface area contributed by atoms with Crippen molar-refractivity contribution in [3.05, 3.63) is 34.6 Å². The van der Waals surface area contributed by atoms with Crippen LogP contribution in [0.25, 0.3) is 0 Å². The van der Waals surface area contributed by atoms with E-state index in [4.69, 9.17) is 11.6 Å². The van der Waals surface area contributed by atoms with Crippen LogP contribution < -0.4 is 5.32 Å². The van der Waals surface area contributed by atoms with Crippen molar-refractivity contribution in [2.24, 2.45) is 0 Å². The molecule has 2 rings (SSSR count). The maximum atomic E-state index is 13.9. The van der Waals surface area contributed by atoms with Crippen molar-refractivity contribution < 1.29 is 13.2 Å². The third-order valence-electron chi connectivity index (χ3n) is 3.01. The smallest absolute Gasteiger partial charge is 0.274 e. The monoisotopic (exact) mass is 263 g/mol. The van der Waals surface area contributed by atoms with E-state index in [2.05, 4.69) is 5.32 Å². The standard InChI is InChI=1S/C12H13ClF3N/c13-10-6-8(3-4-11(10)14)12(15,16)7-9-2-1-5-17-9/h3-4,6,9,17H,1-2,5,7H2. The molecule has 1 aliphatic heterocycles. The number of rotatable bonds is 3. The lowest BCUT2D eigenvalue weighted by molar-refractivity contribution is -0.0213. The first kappa shape index (κ1) is 12.7. The molecule has 1 fully saturated rings. The second kappa shape index (κ2) is 4.86. The molecular weight excluding hydrogens is 251 g/mol. The quantitative estimate of drug-likeness (QED) is 0.877. The summed E-state index contributed by atoms with van der Waals surface area (Å²) in [6, 6.07) is 2.91. The molecule has 0 amide bonds. The number of alkyl halides is 2. The van der Waals surface area contributed by atoms with E-state index in [9.17, 15) is 13.2 Å². The van der Waals surface area contributed by atoms with Crippen LogP contribution in [0.3, 0.4) is 0 Å². The minimum Gasteiger partial charge on any atom is -0.314 e. The summed E-state index contributed by atoms with van der Waals surface area (Å²) in [5, 5.41) is 2.76. The molecular formula is C12H13ClF3N. The van der Waals surface area contributed by atoms with E-state index in [0.29, 0.717) is 0 Å². The molecule has 1 aromatic rings. The summed E-state index contributed by atoms with van der Waals surface area (Å²) in [6.07, 6.45) is 1.41. The molecule has 0 saturated carbocycles. The van der Waals surface area contributed by atoms with Crippen LogP contribution in [0, 0.1) is 5.82 Å². The van der Waals surface area contributed by atoms with Crippen molar-refractivity contribution in [3.63, 3.8) is 0 Å². The van der Waals surface area contributed by atoms with Gasteiger partial charge in [-0.2, -0.15) is 0 Å². The predicted octanol–water partition coefficient (Wildman–Crippen LogP) is 3.71. The average molecular weight is 264 g/mol. The summed E-state index contributed by atoms with van der Waals surface area (Å²) in [6.45, 7) is 0.783. The lowest BCUT2D eigenvalue weighted by Crippen LogP contribution is -2.29. The fourth-order valence-electron chi connectivity index (χ4n) is 2.08. The molecule has 17 heavy (non-hydrogen) atoms. The molecule has 94 valence electrons. The number of nitrogens with one attached hydrogen (secondary N) is 1. The molecule has 0 aliphatic carbocycles. The van der Waals surface area contributed by atoms with Crippen LogP contribution >= 0.6 is 11.6 Å². The molecule has 1 atom stereocenters. The molecule has 1 unspecified atom stereocenters. The van der Waals surface area contributed by atoms with Crippen LogP contribution in [0.5, 0.6) is 0 Å². The zero-order chi connectivity index (χ0) is 12.5. The van der Waals surface area contributed by atoms with E-state index in [1.54, 1.807) is 0 Å². The van der Waals surface area contributed by atoms with E-state index in [-0.39, 0.29) is 23.0 Å². The summed E-state index contributed by atoms with van der Waals surface area (Å²) in [7, 11) is 0. The molecule has 1 heterocycles. The van der Waals surface area contributed by atoms with E-state index in [0.717, 1.165) is 37.6 Å². The predicted molar refractivity (Wildman–Crippen MR) is 60.9 cm³/mol. The summed E-state index contributed by atoms with van der Waals surface area (Å²) >= 11 is 5.51. The maximum Gasteiger partial charge on any atom is 0.274 e. The van der Waals surface area contributed by atoms with E-state index < -0.39 is 11.7 Å². The third-order valence-corrected chi connectivity index (χ3v) is 3.30. The Hall–Kier alpha value is -0.740. The van der Waals surface area contributed by atoms with Gasteiger partial charge in [-0.05, 0) is 31.5 Å². The van der Waals surface area contributed by atoms with Gasteiger partial charge >= 0.3 is 0 Å². The van der Waals surface area contributed by atoms with Gasteiger partial charge in [0.05, 0.1) is 5.02 Å². The van der Waals surface area contributed by atoms with Gasteiger partial charge in [0.2, 0.25) is 0 Å². The van der Waals surface area contributed by atoms with Gasteiger partial charge in [-0.25, -0.2) is 13.2 Å². The summed E-state index contributed by atoms with van der Waals surface area (Å²) in [5.74, 6) is -3.65. The van der Waals surface area contributed by atoms with E-state index in [1.807, 2.05) is 0 Å². The zero-order valence-corrected chi connectivity index (χ0v) is 9.91. The lowest BCUT2D eigenvalue weighted by atomic mass is 10.00. The van der Waals surface area contributed by atoms with Crippen LogP contribution in [0.4, 0.5) is 13.2 Å². The second-order valence-corrected chi connectivity index (χ2v) is 4.74. The molecule has 0 aromatic heterocycles. The highest BCUT2D eigenvalue weighted by molar-refractivity contribution is 6.30. The maximum absolute atomic E-state index is 13.9. The van der Waals surface area contributed by atoms with Crippen molar-refractivity contribution >= 4 is 11.6 Å². The highest BCUT2D eigenvalue weighted by Gasteiger charge is 2.36. The first-order valence-corrected chi connectivity index (χ1v) is 5.93. The molecule has 0 bridgehead atoms. The van der Waals surface area contributed by atoms with Gasteiger partial charge in [0, 0.05) is 18.0 Å². The molecule has 5 heteroatoms. The van der Waals surface area contributed by atoms with Crippen molar-refractivity contribution in [1.82, 2.24) is 5.32 Å². The van der Waals surface area contributed by atoms with Crippen LogP contribution in [0.15, 0.2) is 18.2 Å². The molecule has 1 saturated heterocycles. The van der Waals surface area contributed by atoms with Gasteiger partial charge in [0.1, 0.15) is 5.82 Å². The van der Waals surface area contributed by atoms with E-state index >= 15 is 0 Å². The minimum absolute atomic E-state index is 0.172. The third kappa shape index (κ3) is 2.93. The van der Waals surface area contributed by atoms with Gasteiger partial charge in [-0.1, -0.05) is 17.7 Å². The Labute approximate surface area is 103 Å². The molecule has 0 spiro atoms. The Balaban J connectivity index is 2.14. The van der Waals surface area contributed by atoms with Crippen molar-refractivity contribution in [2.75, 3.05) is 6.54 Å². The van der Waals surface area contributed by atoms with Crippen LogP contribution in [0.2, 0.25) is 5.02 Å². The number of hydrogen-bond donors (Lipinski definition) is 1. The van der Waals surface area contributed by atoms with Gasteiger partial charge in [-0.15, -0.1) is 0 Å². The minimum atomic E-state index is -2.97. The fraction of sp³-hybridized carbons (Fsp3) is 0.500. The summed E-state index contributed by atoms with van der Waals surface area (Å²) < 4.78 is 40.7. The first-order chi connectivity index (χ1) is 7.99. The molecule has 1 aliphatic rings. The fourth-order valence-corrected chi connectivity index (χ4v) is 2.26. The van der Waals surface area contributed by atoms with Gasteiger partial charge < -0.3 is 5.32 Å². The number of halogens is 4. The Morgan fingerprint density at radius 3 is 2.76 bits per heavy atom. The van der Waals surface area contributed by atoms with Crippen LogP contribution in [-0.4, -0.2) is 12.6 Å². The van der Waals surface area contributed by atoms with Crippen molar-refractivity contribution in [2.45, 2.75) is 31.2 Å². The summed E-state index contributed by atoms with van der Waals surface area (Å²) in [4.78, 5) is 0. The number of benzene rings is 1. The Morgan fingerprint density at radius 2 is 2.18 bits per heavy atom. The Bertz CT molecular complexity index is 403. The molecule has 1 N–H and O–H groups in total. The first-order valence-electron chi connectivity index (χ1n) is 5.56. The average Bonchev–Trinajstić information content (AvgIpc) is 2.73. The highest BCUT2D eigenvalue weighted by Crippen LogP contribution is 2.36. The van der Waals surface area contributed by atoms with Crippen LogP contribution in [-0.2, 0) is 5.92 Å². The zero-order valence-electron chi connectivity index (χ0n) is 9.15. The van der Waals surface area contributed by atoms with Crippen molar-refractivity contribution in [1.29, 1.82) is 0 Å². The molecule has 1 nitrogen and oxygen atoms in total. The molecule has 0 radical (unpaired) electrons. The lowest BCUT2D eigenvalue weighted by Gasteiger charge is -2.21. The van der Waals surface area contributed by atoms with Crippen LogP contribution in [0.1, 0.15) is 24.8 Å². The SMILES string of the molecule is Fc1ccc(C(F)(F)CC2CCCN2)cc1Cl. The highest BCUT2D eigenvalue weighted by atomic mass is 35.5. The largest absolute Gasteiger partial charge is 0.314 e. The van der Waals surface area contributed by atoms with Gasteiger partial charge in [-0.3, -0.25) is 0 Å². The Morgan fingerprint density at radius 1 is 1.41 bits per heavy atom.